The maximum atomic E-state index is 17.1. The second-order valence-corrected chi connectivity index (χ2v) is 12.9. The summed E-state index contributed by atoms with van der Waals surface area (Å²) < 4.78 is 75.5. The van der Waals surface area contributed by atoms with Gasteiger partial charge in [-0.25, -0.2) is 9.59 Å². The molecule has 0 amide bonds. The molecule has 4 aromatic carbocycles. The van der Waals surface area contributed by atoms with E-state index in [4.69, 9.17) is 28.4 Å². The van der Waals surface area contributed by atoms with E-state index in [0.29, 0.717) is 0 Å². The first-order valence-corrected chi connectivity index (χ1v) is 17.0. The average molecular weight is 719 g/mol. The van der Waals surface area contributed by atoms with E-state index >= 15 is 8.78 Å². The van der Waals surface area contributed by atoms with Crippen LogP contribution in [0.25, 0.3) is 0 Å². The van der Waals surface area contributed by atoms with Gasteiger partial charge >= 0.3 is 17.9 Å². The van der Waals surface area contributed by atoms with Crippen molar-refractivity contribution in [3.8, 4) is 0 Å². The molecule has 1 fully saturated rings. The third-order valence-corrected chi connectivity index (χ3v) is 8.74. The molecule has 0 aromatic heterocycles. The number of hydrogen-bond donors (Lipinski definition) is 0. The van der Waals surface area contributed by atoms with Crippen LogP contribution in [-0.4, -0.2) is 67.7 Å². The highest BCUT2D eigenvalue weighted by molar-refractivity contribution is 6.29. The lowest BCUT2D eigenvalue weighted by molar-refractivity contribution is -0.333. The first kappa shape index (κ1) is 38.7. The van der Waals surface area contributed by atoms with Crippen molar-refractivity contribution in [2.45, 2.75) is 82.3 Å². The SMILES string of the molecule is COC(=O)C(=O)OC(C)(C)C(F)(F)[C@@H]1O[C@H](COCc2ccccc2)[C@H](OCc2ccccc2)[C@H](OCc2ccccc2)[C@H]1OCc1ccccc1. The smallest absolute Gasteiger partial charge is 0.418 e. The summed E-state index contributed by atoms with van der Waals surface area (Å²) in [4.78, 5) is 24.4. The van der Waals surface area contributed by atoms with E-state index in [1.165, 1.54) is 0 Å². The van der Waals surface area contributed by atoms with Crippen LogP contribution in [0.5, 0.6) is 0 Å². The zero-order valence-electron chi connectivity index (χ0n) is 29.4. The van der Waals surface area contributed by atoms with Crippen LogP contribution in [0.15, 0.2) is 121 Å². The number of carbonyl (C=O) groups excluding carboxylic acids is 2. The molecule has 1 heterocycles. The first-order valence-electron chi connectivity index (χ1n) is 17.0. The molecular weight excluding hydrogens is 674 g/mol. The first-order chi connectivity index (χ1) is 25.1. The van der Waals surface area contributed by atoms with Gasteiger partial charge in [-0.1, -0.05) is 121 Å². The molecule has 1 saturated heterocycles. The van der Waals surface area contributed by atoms with Gasteiger partial charge < -0.3 is 33.2 Å². The lowest BCUT2D eigenvalue weighted by Gasteiger charge is -2.50. The fourth-order valence-corrected chi connectivity index (χ4v) is 5.85. The predicted octanol–water partition coefficient (Wildman–Crippen LogP) is 6.86. The number of methoxy groups -OCH3 is 1. The minimum Gasteiger partial charge on any atom is -0.461 e. The Morgan fingerprint density at radius 2 is 1.00 bits per heavy atom. The summed E-state index contributed by atoms with van der Waals surface area (Å²) in [6, 6.07) is 37.2. The second kappa shape index (κ2) is 18.3. The molecule has 11 heteroatoms. The summed E-state index contributed by atoms with van der Waals surface area (Å²) in [6.07, 6.45) is -6.75. The molecule has 0 saturated carbocycles. The number of carbonyl (C=O) groups is 2. The van der Waals surface area contributed by atoms with Crippen molar-refractivity contribution in [1.82, 2.24) is 0 Å². The molecule has 1 aliphatic heterocycles. The molecule has 9 nitrogen and oxygen atoms in total. The number of esters is 2. The van der Waals surface area contributed by atoms with Crippen molar-refractivity contribution >= 4 is 11.9 Å². The molecular formula is C41H44F2O9. The maximum Gasteiger partial charge on any atom is 0.418 e. The number of alkyl halides is 2. The van der Waals surface area contributed by atoms with E-state index in [9.17, 15) is 9.59 Å². The van der Waals surface area contributed by atoms with Gasteiger partial charge in [0.2, 0.25) is 0 Å². The van der Waals surface area contributed by atoms with Gasteiger partial charge in [0, 0.05) is 0 Å². The summed E-state index contributed by atoms with van der Waals surface area (Å²) in [7, 11) is 0.955. The Kier molecular flexibility index (Phi) is 13.6. The summed E-state index contributed by atoms with van der Waals surface area (Å²) in [6.45, 7) is 2.12. The van der Waals surface area contributed by atoms with Crippen LogP contribution < -0.4 is 0 Å². The van der Waals surface area contributed by atoms with Crippen LogP contribution in [0.2, 0.25) is 0 Å². The van der Waals surface area contributed by atoms with Crippen LogP contribution in [-0.2, 0) is 69.2 Å². The van der Waals surface area contributed by atoms with E-state index in [-0.39, 0.29) is 33.0 Å². The van der Waals surface area contributed by atoms with Crippen molar-refractivity contribution in [3.63, 3.8) is 0 Å². The van der Waals surface area contributed by atoms with E-state index in [1.807, 2.05) is 121 Å². The molecule has 0 radical (unpaired) electrons. The highest BCUT2D eigenvalue weighted by Gasteiger charge is 2.64. The Hall–Kier alpha value is -4.52. The van der Waals surface area contributed by atoms with Crippen molar-refractivity contribution in [2.24, 2.45) is 0 Å². The van der Waals surface area contributed by atoms with Gasteiger partial charge in [0.15, 0.2) is 11.7 Å². The summed E-state index contributed by atoms with van der Waals surface area (Å²) in [5.74, 6) is -6.96. The zero-order valence-corrected chi connectivity index (χ0v) is 29.4. The molecule has 0 aliphatic carbocycles. The molecule has 276 valence electrons. The van der Waals surface area contributed by atoms with Crippen molar-refractivity contribution in [1.29, 1.82) is 0 Å². The van der Waals surface area contributed by atoms with Crippen LogP contribution in [0.4, 0.5) is 8.78 Å². The van der Waals surface area contributed by atoms with Crippen LogP contribution >= 0.6 is 0 Å². The number of ether oxygens (including phenoxy) is 7. The number of rotatable bonds is 16. The standard InChI is InChI=1S/C41H44F2O9/c1-40(2,52-39(45)38(44)46-3)41(42,43)37-36(50-27-32-22-14-7-15-23-32)35(49-26-31-20-12-6-13-21-31)34(48-25-30-18-10-5-11-19-30)33(51-37)28-47-24-29-16-8-4-9-17-29/h4-23,33-37H,24-28H2,1-3H3/t33-,34+,35+,36-,37-/m1/s1. The summed E-state index contributed by atoms with van der Waals surface area (Å²) in [5, 5.41) is 0. The van der Waals surface area contributed by atoms with Crippen molar-refractivity contribution < 1.29 is 51.5 Å². The van der Waals surface area contributed by atoms with Crippen LogP contribution in [0.3, 0.4) is 0 Å². The van der Waals surface area contributed by atoms with E-state index in [1.54, 1.807) is 0 Å². The Labute approximate surface area is 302 Å². The van der Waals surface area contributed by atoms with Gasteiger partial charge in [0.05, 0.1) is 40.1 Å². The third kappa shape index (κ3) is 10.1. The minimum absolute atomic E-state index is 0.0402. The largest absolute Gasteiger partial charge is 0.461 e. The van der Waals surface area contributed by atoms with Crippen molar-refractivity contribution in [2.75, 3.05) is 13.7 Å². The summed E-state index contributed by atoms with van der Waals surface area (Å²) in [5.41, 5.74) is 0.661. The second-order valence-electron chi connectivity index (χ2n) is 12.9. The number of benzene rings is 4. The lowest BCUT2D eigenvalue weighted by Crippen LogP contribution is -2.69. The monoisotopic (exact) mass is 718 g/mol. The quantitative estimate of drug-likeness (QED) is 0.0910. The van der Waals surface area contributed by atoms with E-state index in [2.05, 4.69) is 4.74 Å². The highest BCUT2D eigenvalue weighted by Crippen LogP contribution is 2.44. The topological polar surface area (TPSA) is 98.8 Å². The highest BCUT2D eigenvalue weighted by atomic mass is 19.3. The molecule has 4 aromatic rings. The summed E-state index contributed by atoms with van der Waals surface area (Å²) >= 11 is 0. The van der Waals surface area contributed by atoms with Gasteiger partial charge in [-0.15, -0.1) is 0 Å². The molecule has 0 unspecified atom stereocenters. The predicted molar refractivity (Wildman–Crippen MR) is 187 cm³/mol. The fourth-order valence-electron chi connectivity index (χ4n) is 5.85. The fraction of sp³-hybridized carbons (Fsp3) is 0.366. The van der Waals surface area contributed by atoms with Gasteiger partial charge in [0.25, 0.3) is 0 Å². The van der Waals surface area contributed by atoms with Gasteiger partial charge in [-0.3, -0.25) is 0 Å². The van der Waals surface area contributed by atoms with E-state index < -0.39 is 54.0 Å². The molecule has 0 N–H and O–H groups in total. The third-order valence-electron chi connectivity index (χ3n) is 8.74. The van der Waals surface area contributed by atoms with Crippen molar-refractivity contribution in [3.05, 3.63) is 144 Å². The van der Waals surface area contributed by atoms with E-state index in [0.717, 1.165) is 43.2 Å². The molecule has 0 spiro atoms. The normalized spacial score (nSPS) is 20.6. The van der Waals surface area contributed by atoms with Crippen LogP contribution in [0, 0.1) is 0 Å². The lowest BCUT2D eigenvalue weighted by atomic mass is 9.85. The van der Waals surface area contributed by atoms with Gasteiger partial charge in [0.1, 0.15) is 24.4 Å². The Bertz CT molecular complexity index is 1670. The molecule has 5 rings (SSSR count). The van der Waals surface area contributed by atoms with Gasteiger partial charge in [-0.05, 0) is 36.1 Å². The van der Waals surface area contributed by atoms with Crippen LogP contribution in [0.1, 0.15) is 36.1 Å². The van der Waals surface area contributed by atoms with Gasteiger partial charge in [-0.2, -0.15) is 8.78 Å². The molecule has 1 aliphatic rings. The number of hydrogen-bond acceptors (Lipinski definition) is 9. The molecule has 5 atom stereocenters. The maximum absolute atomic E-state index is 17.1. The number of halogens is 2. The average Bonchev–Trinajstić information content (AvgIpc) is 3.16. The Balaban J connectivity index is 1.55. The minimum atomic E-state index is -3.96. The molecule has 0 bridgehead atoms. The molecule has 52 heavy (non-hydrogen) atoms. The zero-order chi connectivity index (χ0) is 37.0. The Morgan fingerprint density at radius 3 is 1.44 bits per heavy atom. The Morgan fingerprint density at radius 1 is 0.596 bits per heavy atom.